The molecule has 0 fully saturated rings. The number of anilines is 1. The highest BCUT2D eigenvalue weighted by Crippen LogP contribution is 2.27. The number of hydrogen-bond acceptors (Lipinski definition) is 5. The van der Waals surface area contributed by atoms with E-state index in [2.05, 4.69) is 28.7 Å². The van der Waals surface area contributed by atoms with Crippen molar-refractivity contribution in [3.8, 4) is 0 Å². The van der Waals surface area contributed by atoms with Crippen molar-refractivity contribution in [2.45, 2.75) is 46.3 Å². The van der Waals surface area contributed by atoms with E-state index in [1.807, 2.05) is 46.9 Å². The van der Waals surface area contributed by atoms with Crippen LogP contribution in [-0.4, -0.2) is 68.4 Å². The quantitative estimate of drug-likeness (QED) is 0.332. The molecule has 42 heavy (non-hydrogen) atoms. The Morgan fingerprint density at radius 3 is 2.50 bits per heavy atom. The standard InChI is InChI=1S/C33H37FN6O2/c1-24(2)37-15-7-16-40(33(42)30-10-4-5-13-36-30)31-21-29(34)12-11-28(31)23-39(19-18-37)32(41)27-9-6-8-26(20-27)22-38-17-14-35-25(38)3/h4-6,8-14,17,20-21,24H,7,15-16,18-19,22-23H2,1-3H3. The maximum atomic E-state index is 14.7. The van der Waals surface area contributed by atoms with Gasteiger partial charge in [0.1, 0.15) is 17.3 Å². The normalized spacial score (nSPS) is 14.9. The van der Waals surface area contributed by atoms with Gasteiger partial charge in [0.25, 0.3) is 11.8 Å². The summed E-state index contributed by atoms with van der Waals surface area (Å²) < 4.78 is 16.7. The number of aromatic nitrogens is 3. The van der Waals surface area contributed by atoms with Gasteiger partial charge in [0.05, 0.1) is 5.69 Å². The van der Waals surface area contributed by atoms with Crippen LogP contribution in [0.4, 0.5) is 10.1 Å². The molecule has 5 rings (SSSR count). The van der Waals surface area contributed by atoms with Crippen LogP contribution in [0.15, 0.2) is 79.3 Å². The molecule has 2 amide bonds. The highest BCUT2D eigenvalue weighted by Gasteiger charge is 2.26. The first-order chi connectivity index (χ1) is 20.3. The second kappa shape index (κ2) is 13.1. The number of benzene rings is 2. The topological polar surface area (TPSA) is 74.6 Å². The van der Waals surface area contributed by atoms with E-state index in [-0.39, 0.29) is 24.4 Å². The Morgan fingerprint density at radius 2 is 1.76 bits per heavy atom. The SMILES string of the molecule is Cc1nccn1Cc1cccc(C(=O)N2CCN(C(C)C)CCCN(C(=O)c3ccccn3)c3cc(F)ccc3C2)c1. The summed E-state index contributed by atoms with van der Waals surface area (Å²) in [6.45, 7) is 9.37. The van der Waals surface area contributed by atoms with Gasteiger partial charge in [-0.05, 0) is 74.7 Å². The summed E-state index contributed by atoms with van der Waals surface area (Å²) in [4.78, 5) is 42.1. The van der Waals surface area contributed by atoms with E-state index in [1.165, 1.54) is 12.1 Å². The number of amides is 2. The summed E-state index contributed by atoms with van der Waals surface area (Å²) >= 11 is 0. The lowest BCUT2D eigenvalue weighted by Gasteiger charge is -2.30. The Balaban J connectivity index is 1.50. The number of halogens is 1. The molecule has 0 atom stereocenters. The van der Waals surface area contributed by atoms with Gasteiger partial charge < -0.3 is 14.4 Å². The van der Waals surface area contributed by atoms with Gasteiger partial charge in [0.15, 0.2) is 0 Å². The number of carbonyl (C=O) groups excluding carboxylic acids is 2. The summed E-state index contributed by atoms with van der Waals surface area (Å²) in [6.07, 6.45) is 5.96. The Hall–Kier alpha value is -4.37. The monoisotopic (exact) mass is 568 g/mol. The lowest BCUT2D eigenvalue weighted by Crippen LogP contribution is -2.41. The molecule has 3 heterocycles. The van der Waals surface area contributed by atoms with Crippen LogP contribution in [0.5, 0.6) is 0 Å². The molecule has 2 aromatic heterocycles. The molecule has 2 aromatic carbocycles. The van der Waals surface area contributed by atoms with Crippen LogP contribution in [0.3, 0.4) is 0 Å². The number of fused-ring (bicyclic) bond motifs is 1. The number of pyridine rings is 1. The third-order valence-corrected chi connectivity index (χ3v) is 7.78. The second-order valence-corrected chi connectivity index (χ2v) is 11.0. The van der Waals surface area contributed by atoms with Crippen molar-refractivity contribution < 1.29 is 14.0 Å². The van der Waals surface area contributed by atoms with Crippen LogP contribution in [0.25, 0.3) is 0 Å². The second-order valence-electron chi connectivity index (χ2n) is 11.0. The van der Waals surface area contributed by atoms with E-state index in [0.29, 0.717) is 55.1 Å². The van der Waals surface area contributed by atoms with Crippen molar-refractivity contribution >= 4 is 17.5 Å². The molecule has 0 unspecified atom stereocenters. The van der Waals surface area contributed by atoms with Crippen LogP contribution in [0.1, 0.15) is 58.1 Å². The Labute approximate surface area is 246 Å². The van der Waals surface area contributed by atoms with Gasteiger partial charge in [-0.15, -0.1) is 0 Å². The van der Waals surface area contributed by atoms with Gasteiger partial charge in [0, 0.05) is 69.5 Å². The number of aryl methyl sites for hydroxylation is 1. The molecule has 218 valence electrons. The highest BCUT2D eigenvalue weighted by atomic mass is 19.1. The molecule has 0 saturated heterocycles. The van der Waals surface area contributed by atoms with Crippen molar-refractivity contribution in [1.82, 2.24) is 24.3 Å². The van der Waals surface area contributed by atoms with Crippen molar-refractivity contribution in [2.24, 2.45) is 0 Å². The molecule has 1 aliphatic rings. The van der Waals surface area contributed by atoms with Gasteiger partial charge in [-0.1, -0.05) is 24.3 Å². The van der Waals surface area contributed by atoms with Crippen LogP contribution < -0.4 is 4.90 Å². The number of imidazole rings is 1. The lowest BCUT2D eigenvalue weighted by atomic mass is 10.1. The van der Waals surface area contributed by atoms with Gasteiger partial charge in [-0.3, -0.25) is 19.5 Å². The minimum atomic E-state index is -0.438. The van der Waals surface area contributed by atoms with E-state index in [9.17, 15) is 14.0 Å². The molecule has 1 aliphatic heterocycles. The smallest absolute Gasteiger partial charge is 0.276 e. The molecule has 4 aromatic rings. The summed E-state index contributed by atoms with van der Waals surface area (Å²) in [6, 6.07) is 17.6. The minimum absolute atomic E-state index is 0.111. The van der Waals surface area contributed by atoms with Crippen LogP contribution in [0.2, 0.25) is 0 Å². The van der Waals surface area contributed by atoms with Crippen LogP contribution in [-0.2, 0) is 13.1 Å². The van der Waals surface area contributed by atoms with Gasteiger partial charge in [-0.25, -0.2) is 9.37 Å². The zero-order chi connectivity index (χ0) is 29.6. The zero-order valence-corrected chi connectivity index (χ0v) is 24.4. The first-order valence-electron chi connectivity index (χ1n) is 14.4. The number of nitrogens with zero attached hydrogens (tertiary/aromatic N) is 6. The molecule has 0 spiro atoms. The third-order valence-electron chi connectivity index (χ3n) is 7.78. The van der Waals surface area contributed by atoms with Crippen molar-refractivity contribution in [3.05, 3.63) is 113 Å². The Bertz CT molecular complexity index is 1540. The van der Waals surface area contributed by atoms with Gasteiger partial charge >= 0.3 is 0 Å². The number of carbonyl (C=O) groups is 2. The molecule has 0 radical (unpaired) electrons. The minimum Gasteiger partial charge on any atom is -0.333 e. The van der Waals surface area contributed by atoms with Crippen molar-refractivity contribution in [1.29, 1.82) is 0 Å². The van der Waals surface area contributed by atoms with Crippen molar-refractivity contribution in [2.75, 3.05) is 31.1 Å². The fourth-order valence-corrected chi connectivity index (χ4v) is 5.40. The van der Waals surface area contributed by atoms with Gasteiger partial charge in [0.2, 0.25) is 0 Å². The van der Waals surface area contributed by atoms with Crippen LogP contribution in [0, 0.1) is 12.7 Å². The van der Waals surface area contributed by atoms with E-state index in [4.69, 9.17) is 0 Å². The number of hydrogen-bond donors (Lipinski definition) is 0. The molecular formula is C33H37FN6O2. The summed E-state index contributed by atoms with van der Waals surface area (Å²) in [5.41, 5.74) is 3.05. The largest absolute Gasteiger partial charge is 0.333 e. The zero-order valence-electron chi connectivity index (χ0n) is 24.4. The fraction of sp³-hybridized carbons (Fsp3) is 0.333. The van der Waals surface area contributed by atoms with Crippen LogP contribution >= 0.6 is 0 Å². The average molecular weight is 569 g/mol. The average Bonchev–Trinajstić information content (AvgIpc) is 3.38. The van der Waals surface area contributed by atoms with E-state index in [1.54, 1.807) is 41.6 Å². The fourth-order valence-electron chi connectivity index (χ4n) is 5.40. The molecule has 0 saturated carbocycles. The van der Waals surface area contributed by atoms with E-state index in [0.717, 1.165) is 17.9 Å². The Kier molecular flexibility index (Phi) is 9.07. The predicted molar refractivity (Wildman–Crippen MR) is 161 cm³/mol. The van der Waals surface area contributed by atoms with Gasteiger partial charge in [-0.2, -0.15) is 0 Å². The first-order valence-corrected chi connectivity index (χ1v) is 14.4. The summed E-state index contributed by atoms with van der Waals surface area (Å²) in [5.74, 6) is 0.0612. The predicted octanol–water partition coefficient (Wildman–Crippen LogP) is 5.18. The number of rotatable bonds is 5. The first kappa shape index (κ1) is 29.1. The molecular weight excluding hydrogens is 531 g/mol. The maximum Gasteiger partial charge on any atom is 0.276 e. The molecule has 0 bridgehead atoms. The lowest BCUT2D eigenvalue weighted by molar-refractivity contribution is 0.0711. The molecule has 0 aliphatic carbocycles. The van der Waals surface area contributed by atoms with E-state index >= 15 is 0 Å². The highest BCUT2D eigenvalue weighted by molar-refractivity contribution is 6.05. The van der Waals surface area contributed by atoms with E-state index < -0.39 is 5.82 Å². The third kappa shape index (κ3) is 6.74. The molecule has 8 nitrogen and oxygen atoms in total. The summed E-state index contributed by atoms with van der Waals surface area (Å²) in [5, 5.41) is 0. The Morgan fingerprint density at radius 1 is 0.905 bits per heavy atom. The van der Waals surface area contributed by atoms with Crippen molar-refractivity contribution in [3.63, 3.8) is 0 Å². The molecule has 0 N–H and O–H groups in total. The summed E-state index contributed by atoms with van der Waals surface area (Å²) in [7, 11) is 0. The molecule has 9 heteroatoms. The maximum absolute atomic E-state index is 14.7.